The standard InChI is InChI=1S/C9H13NOS/c1-3-8(5-11)4-9-6-12-7(2)10-9/h4,6,11H,3,5H2,1-2H3. The maximum atomic E-state index is 8.90. The molecule has 12 heavy (non-hydrogen) atoms. The van der Waals surface area contributed by atoms with Crippen LogP contribution in [-0.4, -0.2) is 16.7 Å². The van der Waals surface area contributed by atoms with Crippen molar-refractivity contribution in [2.24, 2.45) is 0 Å². The minimum atomic E-state index is 0.132. The number of thiazole rings is 1. The van der Waals surface area contributed by atoms with Crippen LogP contribution in [0.5, 0.6) is 0 Å². The molecular weight excluding hydrogens is 170 g/mol. The monoisotopic (exact) mass is 183 g/mol. The number of hydrogen-bond acceptors (Lipinski definition) is 3. The fraction of sp³-hybridized carbons (Fsp3) is 0.444. The van der Waals surface area contributed by atoms with Gasteiger partial charge in [-0.15, -0.1) is 11.3 Å². The van der Waals surface area contributed by atoms with Crippen molar-refractivity contribution in [3.8, 4) is 0 Å². The van der Waals surface area contributed by atoms with E-state index in [1.54, 1.807) is 11.3 Å². The lowest BCUT2D eigenvalue weighted by atomic mass is 10.2. The molecule has 0 saturated heterocycles. The van der Waals surface area contributed by atoms with Crippen LogP contribution in [0.2, 0.25) is 0 Å². The molecule has 0 aliphatic rings. The summed E-state index contributed by atoms with van der Waals surface area (Å²) in [6, 6.07) is 0. The highest BCUT2D eigenvalue weighted by atomic mass is 32.1. The number of aryl methyl sites for hydroxylation is 1. The summed E-state index contributed by atoms with van der Waals surface area (Å²) in [5, 5.41) is 12.0. The lowest BCUT2D eigenvalue weighted by Gasteiger charge is -1.95. The van der Waals surface area contributed by atoms with Gasteiger partial charge in [0.05, 0.1) is 17.3 Å². The van der Waals surface area contributed by atoms with E-state index in [1.807, 2.05) is 25.3 Å². The second kappa shape index (κ2) is 4.38. The molecule has 0 radical (unpaired) electrons. The minimum Gasteiger partial charge on any atom is -0.392 e. The van der Waals surface area contributed by atoms with Gasteiger partial charge in [0.2, 0.25) is 0 Å². The fourth-order valence-electron chi connectivity index (χ4n) is 0.915. The zero-order chi connectivity index (χ0) is 8.97. The van der Waals surface area contributed by atoms with Gasteiger partial charge >= 0.3 is 0 Å². The molecule has 1 N–H and O–H groups in total. The number of aliphatic hydroxyl groups excluding tert-OH is 1. The molecule has 0 fully saturated rings. The first kappa shape index (κ1) is 9.42. The predicted octanol–water partition coefficient (Wildman–Crippen LogP) is 2.24. The molecule has 3 heteroatoms. The summed E-state index contributed by atoms with van der Waals surface area (Å²) in [5.74, 6) is 0. The SMILES string of the molecule is CCC(=Cc1csc(C)n1)CO. The van der Waals surface area contributed by atoms with Crippen molar-refractivity contribution in [3.63, 3.8) is 0 Å². The third-order valence-corrected chi connectivity index (χ3v) is 2.44. The van der Waals surface area contributed by atoms with Crippen LogP contribution in [0, 0.1) is 6.92 Å². The van der Waals surface area contributed by atoms with Crippen LogP contribution < -0.4 is 0 Å². The van der Waals surface area contributed by atoms with Crippen molar-refractivity contribution in [2.75, 3.05) is 6.61 Å². The summed E-state index contributed by atoms with van der Waals surface area (Å²) < 4.78 is 0. The van der Waals surface area contributed by atoms with Crippen molar-refractivity contribution in [1.82, 2.24) is 4.98 Å². The zero-order valence-electron chi connectivity index (χ0n) is 7.37. The average molecular weight is 183 g/mol. The van der Waals surface area contributed by atoms with E-state index < -0.39 is 0 Å². The number of rotatable bonds is 3. The van der Waals surface area contributed by atoms with Crippen molar-refractivity contribution >= 4 is 17.4 Å². The van der Waals surface area contributed by atoms with E-state index in [0.717, 1.165) is 22.7 Å². The summed E-state index contributed by atoms with van der Waals surface area (Å²) >= 11 is 1.63. The van der Waals surface area contributed by atoms with Gasteiger partial charge in [-0.1, -0.05) is 6.92 Å². The Balaban J connectivity index is 2.78. The number of aromatic nitrogens is 1. The molecule has 0 saturated carbocycles. The normalized spacial score (nSPS) is 12.1. The molecule has 2 nitrogen and oxygen atoms in total. The van der Waals surface area contributed by atoms with Crippen LogP contribution in [0.15, 0.2) is 11.0 Å². The van der Waals surface area contributed by atoms with Crippen molar-refractivity contribution in [1.29, 1.82) is 0 Å². The van der Waals surface area contributed by atoms with E-state index in [-0.39, 0.29) is 6.61 Å². The molecule has 0 aliphatic carbocycles. The molecule has 0 atom stereocenters. The minimum absolute atomic E-state index is 0.132. The molecule has 0 aliphatic heterocycles. The summed E-state index contributed by atoms with van der Waals surface area (Å²) in [6.07, 6.45) is 2.83. The second-order valence-corrected chi connectivity index (χ2v) is 3.67. The molecular formula is C9H13NOS. The van der Waals surface area contributed by atoms with E-state index in [0.29, 0.717) is 0 Å². The van der Waals surface area contributed by atoms with Crippen LogP contribution in [0.4, 0.5) is 0 Å². The topological polar surface area (TPSA) is 33.1 Å². The molecule has 1 aromatic rings. The van der Waals surface area contributed by atoms with Gasteiger partial charge in [0.25, 0.3) is 0 Å². The third kappa shape index (κ3) is 2.43. The quantitative estimate of drug-likeness (QED) is 0.779. The molecule has 0 unspecified atom stereocenters. The first-order valence-electron chi connectivity index (χ1n) is 3.98. The molecule has 1 rings (SSSR count). The highest BCUT2D eigenvalue weighted by molar-refractivity contribution is 7.09. The Labute approximate surface area is 76.6 Å². The summed E-state index contributed by atoms with van der Waals surface area (Å²) in [5.41, 5.74) is 1.99. The van der Waals surface area contributed by atoms with Gasteiger partial charge in [0.1, 0.15) is 0 Å². The molecule has 0 amide bonds. The average Bonchev–Trinajstić information content (AvgIpc) is 2.47. The van der Waals surface area contributed by atoms with Gasteiger partial charge in [-0.05, 0) is 25.0 Å². The van der Waals surface area contributed by atoms with Gasteiger partial charge < -0.3 is 5.11 Å². The Hall–Kier alpha value is -0.670. The van der Waals surface area contributed by atoms with Crippen LogP contribution in [0.3, 0.4) is 0 Å². The maximum absolute atomic E-state index is 8.90. The largest absolute Gasteiger partial charge is 0.392 e. The highest BCUT2D eigenvalue weighted by Gasteiger charge is 1.96. The molecule has 0 spiro atoms. The predicted molar refractivity (Wildman–Crippen MR) is 52.2 cm³/mol. The fourth-order valence-corrected chi connectivity index (χ4v) is 1.49. The molecule has 0 aromatic carbocycles. The Kier molecular flexibility index (Phi) is 3.44. The van der Waals surface area contributed by atoms with Gasteiger partial charge in [-0.25, -0.2) is 4.98 Å². The lowest BCUT2D eigenvalue weighted by Crippen LogP contribution is -1.87. The zero-order valence-corrected chi connectivity index (χ0v) is 8.19. The molecule has 1 heterocycles. The first-order valence-corrected chi connectivity index (χ1v) is 4.86. The molecule has 66 valence electrons. The van der Waals surface area contributed by atoms with Gasteiger partial charge in [0.15, 0.2) is 0 Å². The van der Waals surface area contributed by atoms with Crippen LogP contribution in [0.25, 0.3) is 6.08 Å². The van der Waals surface area contributed by atoms with Crippen molar-refractivity contribution in [3.05, 3.63) is 21.7 Å². The van der Waals surface area contributed by atoms with Crippen LogP contribution in [0.1, 0.15) is 24.0 Å². The Morgan fingerprint density at radius 2 is 2.50 bits per heavy atom. The maximum Gasteiger partial charge on any atom is 0.0901 e. The van der Waals surface area contributed by atoms with E-state index in [9.17, 15) is 0 Å². The van der Waals surface area contributed by atoms with E-state index in [1.165, 1.54) is 0 Å². The van der Waals surface area contributed by atoms with E-state index in [2.05, 4.69) is 4.98 Å². The number of hydrogen-bond donors (Lipinski definition) is 1. The smallest absolute Gasteiger partial charge is 0.0901 e. The van der Waals surface area contributed by atoms with Gasteiger partial charge in [0, 0.05) is 5.38 Å². The second-order valence-electron chi connectivity index (χ2n) is 2.61. The first-order chi connectivity index (χ1) is 5.76. The van der Waals surface area contributed by atoms with E-state index in [4.69, 9.17) is 5.11 Å². The summed E-state index contributed by atoms with van der Waals surface area (Å²) in [4.78, 5) is 4.28. The van der Waals surface area contributed by atoms with Gasteiger partial charge in [-0.3, -0.25) is 0 Å². The lowest BCUT2D eigenvalue weighted by molar-refractivity contribution is 0.329. The molecule has 0 bridgehead atoms. The summed E-state index contributed by atoms with van der Waals surface area (Å²) in [6.45, 7) is 4.14. The summed E-state index contributed by atoms with van der Waals surface area (Å²) in [7, 11) is 0. The highest BCUT2D eigenvalue weighted by Crippen LogP contribution is 2.12. The third-order valence-electron chi connectivity index (χ3n) is 1.65. The Bertz CT molecular complexity index is 272. The van der Waals surface area contributed by atoms with E-state index >= 15 is 0 Å². The van der Waals surface area contributed by atoms with Crippen LogP contribution in [-0.2, 0) is 0 Å². The van der Waals surface area contributed by atoms with Gasteiger partial charge in [-0.2, -0.15) is 0 Å². The van der Waals surface area contributed by atoms with Crippen molar-refractivity contribution in [2.45, 2.75) is 20.3 Å². The number of nitrogens with zero attached hydrogens (tertiary/aromatic N) is 1. The van der Waals surface area contributed by atoms with Crippen molar-refractivity contribution < 1.29 is 5.11 Å². The molecule has 1 aromatic heterocycles. The Morgan fingerprint density at radius 3 is 2.92 bits per heavy atom. The van der Waals surface area contributed by atoms with Crippen LogP contribution >= 0.6 is 11.3 Å². The number of aliphatic hydroxyl groups is 1. The Morgan fingerprint density at radius 1 is 1.75 bits per heavy atom.